The van der Waals surface area contributed by atoms with Crippen LogP contribution < -0.4 is 10.9 Å². The van der Waals surface area contributed by atoms with Crippen LogP contribution in [0.4, 0.5) is 11.5 Å². The van der Waals surface area contributed by atoms with E-state index in [4.69, 9.17) is 4.74 Å². The molecular formula is C22H20N4O4. The Morgan fingerprint density at radius 3 is 2.70 bits per heavy atom. The summed E-state index contributed by atoms with van der Waals surface area (Å²) in [6.45, 7) is 5.16. The molecule has 8 nitrogen and oxygen atoms in total. The summed E-state index contributed by atoms with van der Waals surface area (Å²) in [6, 6.07) is 10.7. The molecule has 0 atom stereocenters. The highest BCUT2D eigenvalue weighted by Gasteiger charge is 2.22. The number of nitrogens with zero attached hydrogens (tertiary/aromatic N) is 3. The monoisotopic (exact) mass is 404 g/mol. The summed E-state index contributed by atoms with van der Waals surface area (Å²) in [4.78, 5) is 41.8. The van der Waals surface area contributed by atoms with Gasteiger partial charge in [-0.25, -0.2) is 9.78 Å². The molecule has 8 heteroatoms. The third kappa shape index (κ3) is 3.32. The van der Waals surface area contributed by atoms with Gasteiger partial charge in [0.1, 0.15) is 5.65 Å². The topological polar surface area (TPSA) is 94.7 Å². The van der Waals surface area contributed by atoms with Crippen LogP contribution in [0, 0.1) is 6.92 Å². The summed E-state index contributed by atoms with van der Waals surface area (Å²) in [5.74, 6) is -0.709. The lowest BCUT2D eigenvalue weighted by molar-refractivity contribution is 0.0524. The second-order valence-electron chi connectivity index (χ2n) is 6.90. The van der Waals surface area contributed by atoms with Crippen LogP contribution in [0.3, 0.4) is 0 Å². The summed E-state index contributed by atoms with van der Waals surface area (Å²) >= 11 is 0. The number of esters is 1. The number of benzene rings is 1. The Morgan fingerprint density at radius 2 is 1.97 bits per heavy atom. The number of hydrogen-bond donors (Lipinski definition) is 1. The maximum Gasteiger partial charge on any atom is 0.347 e. The highest BCUT2D eigenvalue weighted by atomic mass is 16.5. The Labute approximate surface area is 171 Å². The van der Waals surface area contributed by atoms with Crippen LogP contribution in [0.5, 0.6) is 0 Å². The zero-order chi connectivity index (χ0) is 21.4. The fraction of sp³-hybridized carbons (Fsp3) is 0.182. The predicted molar refractivity (Wildman–Crippen MR) is 114 cm³/mol. The summed E-state index contributed by atoms with van der Waals surface area (Å²) in [5.41, 5.74) is 1.99. The average molecular weight is 404 g/mol. The molecule has 0 amide bonds. The minimum absolute atomic E-state index is 0.0881. The Kier molecular flexibility index (Phi) is 4.83. The van der Waals surface area contributed by atoms with Crippen LogP contribution in [0.1, 0.15) is 34.6 Å². The highest BCUT2D eigenvalue weighted by Crippen LogP contribution is 2.24. The first-order chi connectivity index (χ1) is 14.4. The number of nitrogens with one attached hydrogen (secondary N) is 1. The van der Waals surface area contributed by atoms with E-state index in [1.165, 1.54) is 11.3 Å². The van der Waals surface area contributed by atoms with Crippen molar-refractivity contribution in [3.05, 3.63) is 70.3 Å². The van der Waals surface area contributed by atoms with Crippen molar-refractivity contribution in [1.29, 1.82) is 0 Å². The molecule has 0 aliphatic heterocycles. The summed E-state index contributed by atoms with van der Waals surface area (Å²) in [7, 11) is 0. The number of ether oxygens (including phenoxy) is 1. The van der Waals surface area contributed by atoms with Crippen molar-refractivity contribution in [1.82, 2.24) is 14.0 Å². The van der Waals surface area contributed by atoms with Crippen LogP contribution in [0.15, 0.2) is 53.6 Å². The summed E-state index contributed by atoms with van der Waals surface area (Å²) in [6.07, 6.45) is 3.33. The van der Waals surface area contributed by atoms with Crippen molar-refractivity contribution in [3.8, 4) is 0 Å². The minimum Gasteiger partial charge on any atom is -0.462 e. The van der Waals surface area contributed by atoms with E-state index in [2.05, 4.69) is 10.3 Å². The van der Waals surface area contributed by atoms with E-state index >= 15 is 0 Å². The van der Waals surface area contributed by atoms with Gasteiger partial charge >= 0.3 is 5.97 Å². The second-order valence-corrected chi connectivity index (χ2v) is 6.90. The maximum atomic E-state index is 13.0. The standard InChI is InChI=1S/C22H20N4O4/c1-4-30-22(29)19-20(24-18-8-5-13(2)12-26(18)21(19)28)23-16-6-7-17-15(11-16)9-10-25(17)14(3)27/h5-12,23H,4H2,1-3H3. The number of fused-ring (bicyclic) bond motifs is 2. The van der Waals surface area contributed by atoms with Crippen molar-refractivity contribution in [2.24, 2.45) is 0 Å². The largest absolute Gasteiger partial charge is 0.462 e. The molecule has 4 aromatic rings. The zero-order valence-electron chi connectivity index (χ0n) is 16.8. The number of aromatic nitrogens is 3. The minimum atomic E-state index is -0.739. The average Bonchev–Trinajstić information content (AvgIpc) is 3.12. The first-order valence-electron chi connectivity index (χ1n) is 9.48. The SMILES string of the molecule is CCOC(=O)c1c(Nc2ccc3c(ccn3C(C)=O)c2)nc2ccc(C)cn2c1=O. The molecule has 0 fully saturated rings. The van der Waals surface area contributed by atoms with E-state index in [0.717, 1.165) is 16.5 Å². The smallest absolute Gasteiger partial charge is 0.347 e. The molecule has 1 aromatic carbocycles. The fourth-order valence-electron chi connectivity index (χ4n) is 3.35. The molecule has 0 aliphatic carbocycles. The van der Waals surface area contributed by atoms with Crippen molar-refractivity contribution in [2.75, 3.05) is 11.9 Å². The molecule has 30 heavy (non-hydrogen) atoms. The molecule has 0 unspecified atom stereocenters. The van der Waals surface area contributed by atoms with E-state index in [9.17, 15) is 14.4 Å². The molecule has 0 saturated heterocycles. The molecular weight excluding hydrogens is 384 g/mol. The zero-order valence-corrected chi connectivity index (χ0v) is 16.8. The molecule has 152 valence electrons. The lowest BCUT2D eigenvalue weighted by Crippen LogP contribution is -2.26. The van der Waals surface area contributed by atoms with Gasteiger partial charge in [0, 0.05) is 30.4 Å². The van der Waals surface area contributed by atoms with Crippen LogP contribution in [0.25, 0.3) is 16.6 Å². The van der Waals surface area contributed by atoms with Crippen LogP contribution in [0.2, 0.25) is 0 Å². The van der Waals surface area contributed by atoms with Crippen LogP contribution in [-0.4, -0.2) is 32.4 Å². The molecule has 3 heterocycles. The second kappa shape index (κ2) is 7.47. The Hall–Kier alpha value is -3.94. The number of pyridine rings is 1. The van der Waals surface area contributed by atoms with E-state index in [-0.39, 0.29) is 23.9 Å². The quantitative estimate of drug-likeness (QED) is 0.523. The van der Waals surface area contributed by atoms with Gasteiger partial charge in [0.2, 0.25) is 5.91 Å². The van der Waals surface area contributed by atoms with Gasteiger partial charge in [0.25, 0.3) is 5.56 Å². The van der Waals surface area contributed by atoms with Crippen molar-refractivity contribution < 1.29 is 14.3 Å². The number of carbonyl (C=O) groups is 2. The van der Waals surface area contributed by atoms with Gasteiger partial charge in [0.15, 0.2) is 11.4 Å². The Morgan fingerprint density at radius 1 is 1.17 bits per heavy atom. The predicted octanol–water partition coefficient (Wildman–Crippen LogP) is 3.54. The number of anilines is 2. The lowest BCUT2D eigenvalue weighted by atomic mass is 10.2. The molecule has 0 spiro atoms. The van der Waals surface area contributed by atoms with Gasteiger partial charge in [-0.3, -0.25) is 18.6 Å². The van der Waals surface area contributed by atoms with Gasteiger partial charge in [-0.1, -0.05) is 6.07 Å². The molecule has 0 saturated carbocycles. The molecule has 0 aliphatic rings. The molecule has 0 radical (unpaired) electrons. The maximum absolute atomic E-state index is 13.0. The van der Waals surface area contributed by atoms with Gasteiger partial charge in [0.05, 0.1) is 12.1 Å². The third-order valence-electron chi connectivity index (χ3n) is 4.74. The first-order valence-corrected chi connectivity index (χ1v) is 9.48. The van der Waals surface area contributed by atoms with E-state index in [0.29, 0.717) is 11.3 Å². The van der Waals surface area contributed by atoms with Gasteiger partial charge in [-0.15, -0.1) is 0 Å². The van der Waals surface area contributed by atoms with Crippen LogP contribution >= 0.6 is 0 Å². The number of rotatable bonds is 4. The Balaban J connectivity index is 1.85. The molecule has 4 rings (SSSR count). The normalized spacial score (nSPS) is 11.0. The number of hydrogen-bond acceptors (Lipinski definition) is 6. The van der Waals surface area contributed by atoms with Crippen molar-refractivity contribution in [2.45, 2.75) is 20.8 Å². The van der Waals surface area contributed by atoms with Gasteiger partial charge < -0.3 is 10.1 Å². The fourth-order valence-corrected chi connectivity index (χ4v) is 3.35. The van der Waals surface area contributed by atoms with Crippen molar-refractivity contribution >= 4 is 39.9 Å². The Bertz CT molecular complexity index is 1370. The molecule has 3 aromatic heterocycles. The lowest BCUT2D eigenvalue weighted by Gasteiger charge is -2.13. The van der Waals surface area contributed by atoms with Crippen molar-refractivity contribution in [3.63, 3.8) is 0 Å². The first kappa shape index (κ1) is 19.4. The van der Waals surface area contributed by atoms with E-state index in [1.54, 1.807) is 42.1 Å². The van der Waals surface area contributed by atoms with Gasteiger partial charge in [-0.2, -0.15) is 0 Å². The van der Waals surface area contributed by atoms with E-state index in [1.807, 2.05) is 25.1 Å². The van der Waals surface area contributed by atoms with E-state index < -0.39 is 11.5 Å². The summed E-state index contributed by atoms with van der Waals surface area (Å²) < 4.78 is 7.98. The van der Waals surface area contributed by atoms with Gasteiger partial charge in [-0.05, 0) is 49.7 Å². The summed E-state index contributed by atoms with van der Waals surface area (Å²) in [5, 5.41) is 3.90. The third-order valence-corrected chi connectivity index (χ3v) is 4.74. The molecule has 1 N–H and O–H groups in total. The van der Waals surface area contributed by atoms with Crippen LogP contribution in [-0.2, 0) is 4.74 Å². The number of aryl methyl sites for hydroxylation is 1. The number of carbonyl (C=O) groups excluding carboxylic acids is 2. The highest BCUT2D eigenvalue weighted by molar-refractivity contribution is 5.97. The molecule has 0 bridgehead atoms.